The molecule has 4 heteroatoms. The molecule has 1 fully saturated rings. The van der Waals surface area contributed by atoms with Crippen molar-refractivity contribution in [3.63, 3.8) is 0 Å². The van der Waals surface area contributed by atoms with Crippen molar-refractivity contribution in [3.8, 4) is 0 Å². The van der Waals surface area contributed by atoms with Crippen LogP contribution in [0.15, 0.2) is 0 Å². The minimum absolute atomic E-state index is 0.0290. The zero-order valence-corrected chi connectivity index (χ0v) is 10.3. The molecule has 88 valence electrons. The third kappa shape index (κ3) is 2.69. The Morgan fingerprint density at radius 2 is 2.27 bits per heavy atom. The van der Waals surface area contributed by atoms with E-state index in [1.165, 1.54) is 0 Å². The van der Waals surface area contributed by atoms with Gasteiger partial charge in [0.15, 0.2) is 0 Å². The van der Waals surface area contributed by atoms with Crippen LogP contribution in [0.4, 0.5) is 0 Å². The number of rotatable bonds is 4. The number of hydrogen-bond acceptors (Lipinski definition) is 3. The van der Waals surface area contributed by atoms with E-state index in [9.17, 15) is 4.79 Å². The molecule has 0 radical (unpaired) electrons. The zero-order chi connectivity index (χ0) is 11.5. The molecule has 1 atom stereocenters. The standard InChI is InChI=1S/C11H23N3O/c1-5-6-14-9(7-12-4)10(15)13-8-11(14,2)3/h9,12H,5-8H2,1-4H3,(H,13,15). The second-order valence-electron chi connectivity index (χ2n) is 4.80. The van der Waals surface area contributed by atoms with Crippen LogP contribution < -0.4 is 10.6 Å². The molecule has 1 saturated heterocycles. The Morgan fingerprint density at radius 1 is 1.60 bits per heavy atom. The first kappa shape index (κ1) is 12.5. The molecule has 4 nitrogen and oxygen atoms in total. The van der Waals surface area contributed by atoms with Crippen molar-refractivity contribution in [1.82, 2.24) is 15.5 Å². The van der Waals surface area contributed by atoms with Crippen molar-refractivity contribution >= 4 is 5.91 Å². The number of piperazine rings is 1. The molecule has 1 aliphatic rings. The summed E-state index contributed by atoms with van der Waals surface area (Å²) in [6.07, 6.45) is 1.08. The molecular formula is C11H23N3O. The Bertz CT molecular complexity index is 228. The third-order valence-corrected chi connectivity index (χ3v) is 3.01. The lowest BCUT2D eigenvalue weighted by Crippen LogP contribution is -2.67. The Hall–Kier alpha value is -0.610. The maximum atomic E-state index is 11.8. The molecule has 1 aliphatic heterocycles. The summed E-state index contributed by atoms with van der Waals surface area (Å²) in [5.74, 6) is 0.150. The van der Waals surface area contributed by atoms with E-state index in [1.807, 2.05) is 7.05 Å². The smallest absolute Gasteiger partial charge is 0.238 e. The average Bonchev–Trinajstić information content (AvgIpc) is 2.18. The van der Waals surface area contributed by atoms with Gasteiger partial charge >= 0.3 is 0 Å². The number of hydrogen-bond donors (Lipinski definition) is 2. The second kappa shape index (κ2) is 4.94. The largest absolute Gasteiger partial charge is 0.353 e. The van der Waals surface area contributed by atoms with E-state index in [1.54, 1.807) is 0 Å². The van der Waals surface area contributed by atoms with Crippen LogP contribution in [0, 0.1) is 0 Å². The maximum absolute atomic E-state index is 11.8. The van der Waals surface area contributed by atoms with Crippen LogP contribution in [-0.2, 0) is 4.79 Å². The monoisotopic (exact) mass is 213 g/mol. The minimum Gasteiger partial charge on any atom is -0.353 e. The summed E-state index contributed by atoms with van der Waals surface area (Å²) in [5, 5.41) is 6.07. The molecular weight excluding hydrogens is 190 g/mol. The first-order valence-electron chi connectivity index (χ1n) is 5.72. The van der Waals surface area contributed by atoms with Crippen LogP contribution in [-0.4, -0.2) is 49.1 Å². The van der Waals surface area contributed by atoms with Crippen LogP contribution in [0.3, 0.4) is 0 Å². The van der Waals surface area contributed by atoms with E-state index < -0.39 is 0 Å². The highest BCUT2D eigenvalue weighted by atomic mass is 16.2. The summed E-state index contributed by atoms with van der Waals surface area (Å²) in [4.78, 5) is 14.1. The summed E-state index contributed by atoms with van der Waals surface area (Å²) < 4.78 is 0. The van der Waals surface area contributed by atoms with Crippen molar-refractivity contribution in [2.45, 2.75) is 38.8 Å². The van der Waals surface area contributed by atoms with Crippen molar-refractivity contribution in [2.75, 3.05) is 26.7 Å². The quantitative estimate of drug-likeness (QED) is 0.701. The van der Waals surface area contributed by atoms with Crippen LogP contribution in [0.5, 0.6) is 0 Å². The van der Waals surface area contributed by atoms with E-state index in [-0.39, 0.29) is 17.5 Å². The van der Waals surface area contributed by atoms with Crippen molar-refractivity contribution in [2.24, 2.45) is 0 Å². The molecule has 0 aromatic heterocycles. The van der Waals surface area contributed by atoms with Gasteiger partial charge in [-0.25, -0.2) is 0 Å². The second-order valence-corrected chi connectivity index (χ2v) is 4.80. The first-order valence-corrected chi connectivity index (χ1v) is 5.72. The molecule has 2 N–H and O–H groups in total. The first-order chi connectivity index (χ1) is 7.03. The van der Waals surface area contributed by atoms with Gasteiger partial charge in [-0.1, -0.05) is 6.92 Å². The van der Waals surface area contributed by atoms with E-state index in [0.717, 1.165) is 26.1 Å². The minimum atomic E-state index is -0.0290. The van der Waals surface area contributed by atoms with Gasteiger partial charge in [-0.05, 0) is 33.9 Å². The van der Waals surface area contributed by atoms with Gasteiger partial charge in [0, 0.05) is 18.6 Å². The van der Waals surface area contributed by atoms with Gasteiger partial charge in [-0.3, -0.25) is 9.69 Å². The normalized spacial score (nSPS) is 26.4. The summed E-state index contributed by atoms with van der Waals surface area (Å²) >= 11 is 0. The SMILES string of the molecule is CCCN1C(CNC)C(=O)NCC1(C)C. The topological polar surface area (TPSA) is 44.4 Å². The Labute approximate surface area is 92.4 Å². The summed E-state index contributed by atoms with van der Waals surface area (Å²) in [6, 6.07) is -0.0290. The van der Waals surface area contributed by atoms with Gasteiger partial charge in [-0.2, -0.15) is 0 Å². The number of carbonyl (C=O) groups is 1. The summed E-state index contributed by atoms with van der Waals surface area (Å²) in [6.45, 7) is 8.96. The molecule has 1 amide bonds. The molecule has 15 heavy (non-hydrogen) atoms. The Kier molecular flexibility index (Phi) is 4.11. The lowest BCUT2D eigenvalue weighted by molar-refractivity contribution is -0.134. The molecule has 0 bridgehead atoms. The highest BCUT2D eigenvalue weighted by Gasteiger charge is 2.39. The van der Waals surface area contributed by atoms with Crippen molar-refractivity contribution < 1.29 is 4.79 Å². The van der Waals surface area contributed by atoms with Gasteiger partial charge in [0.1, 0.15) is 6.04 Å². The highest BCUT2D eigenvalue weighted by molar-refractivity contribution is 5.83. The number of likely N-dealkylation sites (N-methyl/N-ethyl adjacent to an activating group) is 1. The van der Waals surface area contributed by atoms with Crippen molar-refractivity contribution in [1.29, 1.82) is 0 Å². The fourth-order valence-corrected chi connectivity index (χ4v) is 2.18. The van der Waals surface area contributed by atoms with E-state index in [0.29, 0.717) is 0 Å². The average molecular weight is 213 g/mol. The van der Waals surface area contributed by atoms with Gasteiger partial charge in [0.25, 0.3) is 0 Å². The number of carbonyl (C=O) groups excluding carboxylic acids is 1. The molecule has 0 aliphatic carbocycles. The molecule has 1 heterocycles. The lowest BCUT2D eigenvalue weighted by Gasteiger charge is -2.47. The molecule has 0 aromatic rings. The molecule has 0 saturated carbocycles. The van der Waals surface area contributed by atoms with Crippen LogP contribution in [0.2, 0.25) is 0 Å². The molecule has 0 aromatic carbocycles. The molecule has 0 spiro atoms. The maximum Gasteiger partial charge on any atom is 0.238 e. The Balaban J connectivity index is 2.80. The number of amides is 1. The fraction of sp³-hybridized carbons (Fsp3) is 0.909. The number of nitrogens with zero attached hydrogens (tertiary/aromatic N) is 1. The fourth-order valence-electron chi connectivity index (χ4n) is 2.18. The highest BCUT2D eigenvalue weighted by Crippen LogP contribution is 2.21. The predicted molar refractivity (Wildman–Crippen MR) is 61.8 cm³/mol. The third-order valence-electron chi connectivity index (χ3n) is 3.01. The number of nitrogens with one attached hydrogen (secondary N) is 2. The lowest BCUT2D eigenvalue weighted by atomic mass is 9.95. The van der Waals surface area contributed by atoms with E-state index >= 15 is 0 Å². The van der Waals surface area contributed by atoms with E-state index in [2.05, 4.69) is 36.3 Å². The Morgan fingerprint density at radius 3 is 2.80 bits per heavy atom. The van der Waals surface area contributed by atoms with Gasteiger partial charge in [0.2, 0.25) is 5.91 Å². The van der Waals surface area contributed by atoms with Crippen LogP contribution in [0.25, 0.3) is 0 Å². The van der Waals surface area contributed by atoms with Crippen LogP contribution >= 0.6 is 0 Å². The summed E-state index contributed by atoms with van der Waals surface area (Å²) in [7, 11) is 1.89. The van der Waals surface area contributed by atoms with Gasteiger partial charge in [-0.15, -0.1) is 0 Å². The molecule has 1 rings (SSSR count). The van der Waals surface area contributed by atoms with Gasteiger partial charge < -0.3 is 10.6 Å². The van der Waals surface area contributed by atoms with Gasteiger partial charge in [0.05, 0.1) is 0 Å². The predicted octanol–water partition coefficient (Wildman–Crippen LogP) is 0.195. The zero-order valence-electron chi connectivity index (χ0n) is 10.3. The van der Waals surface area contributed by atoms with Crippen molar-refractivity contribution in [3.05, 3.63) is 0 Å². The summed E-state index contributed by atoms with van der Waals surface area (Å²) in [5.41, 5.74) is 0.0609. The van der Waals surface area contributed by atoms with Crippen LogP contribution in [0.1, 0.15) is 27.2 Å². The molecule has 1 unspecified atom stereocenters. The van der Waals surface area contributed by atoms with E-state index in [4.69, 9.17) is 0 Å².